The zero-order valence-electron chi connectivity index (χ0n) is 49.3. The number of rotatable bonds is 36. The monoisotopic (exact) mass is 1120 g/mol. The molecule has 0 aliphatic rings. The summed E-state index contributed by atoms with van der Waals surface area (Å²) >= 11 is 7.49. The zero-order chi connectivity index (χ0) is 54.6. The first-order chi connectivity index (χ1) is 38.4. The van der Waals surface area contributed by atoms with E-state index in [0.717, 1.165) is 64.4 Å². The quantitative estimate of drug-likeness (QED) is 0.0289. The molecule has 0 aliphatic carbocycles. The third-order valence-corrected chi connectivity index (χ3v) is 20.5. The van der Waals surface area contributed by atoms with E-state index in [1.165, 1.54) is 248 Å². The lowest BCUT2D eigenvalue weighted by atomic mass is 10.0. The molecule has 0 N–H and O–H groups in total. The van der Waals surface area contributed by atoms with Gasteiger partial charge in [0.05, 0.1) is 36.8 Å². The molecule has 7 rings (SSSR count). The molecule has 3 aromatic carbocycles. The molecule has 0 saturated heterocycles. The second-order valence-electron chi connectivity index (χ2n) is 22.6. The number of aryl methyl sites for hydroxylation is 6. The lowest BCUT2D eigenvalue weighted by Gasteiger charge is -2.04. The Morgan fingerprint density at radius 3 is 1.19 bits per heavy atom. The molecule has 0 saturated carbocycles. The first-order valence-corrected chi connectivity index (χ1v) is 34.8. The van der Waals surface area contributed by atoms with E-state index in [4.69, 9.17) is 9.97 Å². The Hall–Kier alpha value is -4.04. The lowest BCUT2D eigenvalue weighted by Crippen LogP contribution is -1.90. The van der Waals surface area contributed by atoms with Crippen LogP contribution in [0.4, 0.5) is 0 Å². The molecular formula is C72H96N2S4. The molecule has 0 atom stereocenters. The number of hydrogen-bond acceptors (Lipinski definition) is 6. The summed E-state index contributed by atoms with van der Waals surface area (Å²) in [4.78, 5) is 16.1. The van der Waals surface area contributed by atoms with Crippen molar-refractivity contribution >= 4 is 65.5 Å². The molecule has 0 radical (unpaired) electrons. The van der Waals surface area contributed by atoms with Crippen molar-refractivity contribution in [1.29, 1.82) is 0 Å². The van der Waals surface area contributed by atoms with Crippen molar-refractivity contribution in [3.8, 4) is 43.5 Å². The van der Waals surface area contributed by atoms with Crippen LogP contribution in [-0.4, -0.2) is 9.97 Å². The normalized spacial score (nSPS) is 11.5. The summed E-state index contributed by atoms with van der Waals surface area (Å²) in [6.07, 6.45) is 44.2. The maximum absolute atomic E-state index is 5.56. The molecule has 0 fully saturated rings. The molecular weight excluding hydrogens is 1020 g/mol. The molecule has 7 aromatic rings. The number of hydrogen-bond donors (Lipinski definition) is 0. The van der Waals surface area contributed by atoms with Crippen molar-refractivity contribution in [3.05, 3.63) is 115 Å². The Kier molecular flexibility index (Phi) is 27.6. The topological polar surface area (TPSA) is 25.8 Å². The number of nitrogens with zero attached hydrogens (tertiary/aromatic N) is 2. The second-order valence-corrected chi connectivity index (χ2v) is 27.1. The highest BCUT2D eigenvalue weighted by Crippen LogP contribution is 2.47. The minimum atomic E-state index is 0.989. The van der Waals surface area contributed by atoms with Crippen LogP contribution < -0.4 is 0 Å². The van der Waals surface area contributed by atoms with Gasteiger partial charge in [-0.2, -0.15) is 0 Å². The highest BCUT2D eigenvalue weighted by Gasteiger charge is 2.23. The summed E-state index contributed by atoms with van der Waals surface area (Å²) in [7, 11) is 0. The Labute approximate surface area is 490 Å². The van der Waals surface area contributed by atoms with Gasteiger partial charge in [-0.25, -0.2) is 9.97 Å². The lowest BCUT2D eigenvalue weighted by molar-refractivity contribution is 0.563. The Bertz CT molecular complexity index is 2820. The molecule has 2 nitrogen and oxygen atoms in total. The van der Waals surface area contributed by atoms with Crippen LogP contribution in [0.5, 0.6) is 0 Å². The molecule has 418 valence electrons. The average molecular weight is 1120 g/mol. The largest absolute Gasteiger partial charge is 0.238 e. The predicted octanol–water partition coefficient (Wildman–Crippen LogP) is 23.7. The standard InChI is InChI=1S/C72H96N2S4/c1-7-11-15-19-23-25-27-31-35-39-65-56(6)76-71(73-65)72-74-66(40-36-32-28-26-24-20-16-12-8-2)70(78-72)67-54-64-62(52-50-60-47-43-58(44-48-60)38-34-30-22-18-14-10-4)68-63(53-55(5)75-68)61(69(64)77-67)51-49-59-45-41-57(42-46-59)37-33-29-21-17-13-9-3/h41-48,53-54H,7-40H2,1-6H3. The molecule has 78 heavy (non-hydrogen) atoms. The number of aromatic nitrogens is 2. The number of benzene rings is 3. The Morgan fingerprint density at radius 1 is 0.359 bits per heavy atom. The van der Waals surface area contributed by atoms with Crippen LogP contribution in [0.3, 0.4) is 0 Å². The van der Waals surface area contributed by atoms with Crippen LogP contribution in [0, 0.1) is 37.5 Å². The van der Waals surface area contributed by atoms with Crippen LogP contribution >= 0.6 is 45.3 Å². The van der Waals surface area contributed by atoms with E-state index in [1.54, 1.807) is 0 Å². The summed E-state index contributed by atoms with van der Waals surface area (Å²) in [6.45, 7) is 13.7. The van der Waals surface area contributed by atoms with Crippen molar-refractivity contribution in [3.63, 3.8) is 0 Å². The molecule has 4 aromatic heterocycles. The molecule has 4 heterocycles. The fourth-order valence-electron chi connectivity index (χ4n) is 11.0. The van der Waals surface area contributed by atoms with Gasteiger partial charge < -0.3 is 0 Å². The number of unbranched alkanes of at least 4 members (excludes halogenated alkanes) is 26. The van der Waals surface area contributed by atoms with Gasteiger partial charge in [-0.15, -0.1) is 45.3 Å². The van der Waals surface area contributed by atoms with Crippen LogP contribution in [0.25, 0.3) is 39.9 Å². The van der Waals surface area contributed by atoms with E-state index < -0.39 is 0 Å². The van der Waals surface area contributed by atoms with Crippen LogP contribution in [0.1, 0.15) is 275 Å². The predicted molar refractivity (Wildman–Crippen MR) is 350 cm³/mol. The summed E-state index contributed by atoms with van der Waals surface area (Å²) in [5, 5.41) is 4.61. The highest BCUT2D eigenvalue weighted by molar-refractivity contribution is 7.28. The van der Waals surface area contributed by atoms with Gasteiger partial charge in [0.25, 0.3) is 0 Å². The van der Waals surface area contributed by atoms with Crippen molar-refractivity contribution in [2.75, 3.05) is 0 Å². The fourth-order valence-corrected chi connectivity index (χ4v) is 15.4. The third kappa shape index (κ3) is 19.6. The highest BCUT2D eigenvalue weighted by atomic mass is 32.1. The Balaban J connectivity index is 1.21. The Morgan fingerprint density at radius 2 is 0.731 bits per heavy atom. The number of thiazole rings is 2. The third-order valence-electron chi connectivity index (χ3n) is 15.8. The minimum Gasteiger partial charge on any atom is -0.238 e. The maximum Gasteiger partial charge on any atom is 0.153 e. The van der Waals surface area contributed by atoms with Gasteiger partial charge in [-0.1, -0.05) is 243 Å². The first-order valence-electron chi connectivity index (χ1n) is 31.6. The second kappa shape index (κ2) is 35.0. The van der Waals surface area contributed by atoms with Gasteiger partial charge in [-0.05, 0) is 113 Å². The maximum atomic E-state index is 5.56. The van der Waals surface area contributed by atoms with E-state index in [-0.39, 0.29) is 0 Å². The molecule has 0 amide bonds. The smallest absolute Gasteiger partial charge is 0.153 e. The van der Waals surface area contributed by atoms with Gasteiger partial charge in [0.15, 0.2) is 10.0 Å². The average Bonchev–Trinajstić information content (AvgIpc) is 4.44. The number of thiophene rings is 2. The fraction of sp³-hybridized carbons (Fsp3) is 0.556. The van der Waals surface area contributed by atoms with E-state index in [1.807, 2.05) is 45.3 Å². The number of fused-ring (bicyclic) bond motifs is 2. The zero-order valence-corrected chi connectivity index (χ0v) is 52.6. The molecule has 6 heteroatoms. The van der Waals surface area contributed by atoms with Crippen molar-refractivity contribution in [2.45, 2.75) is 260 Å². The van der Waals surface area contributed by atoms with E-state index >= 15 is 0 Å². The summed E-state index contributed by atoms with van der Waals surface area (Å²) in [5.74, 6) is 15.0. The molecule has 0 bridgehead atoms. The van der Waals surface area contributed by atoms with Gasteiger partial charge in [0.2, 0.25) is 0 Å². The van der Waals surface area contributed by atoms with E-state index in [2.05, 4.69) is 126 Å². The van der Waals surface area contributed by atoms with Gasteiger partial charge in [-0.3, -0.25) is 0 Å². The van der Waals surface area contributed by atoms with Gasteiger partial charge >= 0.3 is 0 Å². The van der Waals surface area contributed by atoms with E-state index in [0.29, 0.717) is 0 Å². The van der Waals surface area contributed by atoms with Crippen molar-refractivity contribution in [1.82, 2.24) is 9.97 Å². The molecule has 0 aliphatic heterocycles. The molecule has 0 spiro atoms. The van der Waals surface area contributed by atoms with Crippen LogP contribution in [-0.2, 0) is 25.7 Å². The minimum absolute atomic E-state index is 0.989. The van der Waals surface area contributed by atoms with Crippen LogP contribution in [0.15, 0.2) is 60.7 Å². The van der Waals surface area contributed by atoms with Crippen LogP contribution in [0.2, 0.25) is 0 Å². The molecule has 0 unspecified atom stereocenters. The summed E-state index contributed by atoms with van der Waals surface area (Å²) in [5.41, 5.74) is 9.74. The van der Waals surface area contributed by atoms with Crippen molar-refractivity contribution in [2.24, 2.45) is 0 Å². The van der Waals surface area contributed by atoms with E-state index in [9.17, 15) is 0 Å². The SMILES string of the molecule is CCCCCCCCCCCc1nc(-c2nc(CCCCCCCCCCC)c(-c3cc4c(C#Cc5ccc(CCCCCCCC)cc5)c5sc(C)cc5c(C#Cc5ccc(CCCCCCCC)cc5)c4s3)s2)sc1C. The first kappa shape index (κ1) is 61.6. The summed E-state index contributed by atoms with van der Waals surface area (Å²) < 4.78 is 2.48. The van der Waals surface area contributed by atoms with Gasteiger partial charge in [0, 0.05) is 36.5 Å². The summed E-state index contributed by atoms with van der Waals surface area (Å²) in [6, 6.07) is 23.0. The van der Waals surface area contributed by atoms with Crippen molar-refractivity contribution < 1.29 is 0 Å². The van der Waals surface area contributed by atoms with Gasteiger partial charge in [0.1, 0.15) is 0 Å².